The van der Waals surface area contributed by atoms with E-state index in [1.54, 1.807) is 17.0 Å². The highest BCUT2D eigenvalue weighted by atomic mass is 16.2. The average molecular weight is 385 g/mol. The highest BCUT2D eigenvalue weighted by molar-refractivity contribution is 6.08. The number of H-pyrrole nitrogens is 1. The van der Waals surface area contributed by atoms with Gasteiger partial charge in [0.25, 0.3) is 5.91 Å². The van der Waals surface area contributed by atoms with Crippen molar-refractivity contribution in [3.8, 4) is 0 Å². The van der Waals surface area contributed by atoms with Gasteiger partial charge < -0.3 is 15.2 Å². The maximum atomic E-state index is 13.4. The third-order valence-corrected chi connectivity index (χ3v) is 5.96. The van der Waals surface area contributed by atoms with Crippen LogP contribution in [0.5, 0.6) is 0 Å². The van der Waals surface area contributed by atoms with Gasteiger partial charge in [-0.3, -0.25) is 14.4 Å². The third-order valence-electron chi connectivity index (χ3n) is 5.96. The Balaban J connectivity index is 1.68. The highest BCUT2D eigenvalue weighted by Crippen LogP contribution is 2.54. The van der Waals surface area contributed by atoms with Crippen LogP contribution in [0.15, 0.2) is 77.6 Å². The van der Waals surface area contributed by atoms with Crippen LogP contribution in [-0.4, -0.2) is 28.2 Å². The average Bonchev–Trinajstić information content (AvgIpc) is 3.28. The van der Waals surface area contributed by atoms with Crippen molar-refractivity contribution in [3.63, 3.8) is 0 Å². The Morgan fingerprint density at radius 3 is 2.48 bits per heavy atom. The van der Waals surface area contributed by atoms with E-state index >= 15 is 0 Å². The molecule has 2 aliphatic heterocycles. The maximum Gasteiger partial charge on any atom is 0.270 e. The van der Waals surface area contributed by atoms with Crippen LogP contribution in [-0.2, 0) is 10.2 Å². The molecule has 144 valence electrons. The minimum absolute atomic E-state index is 0.0931. The van der Waals surface area contributed by atoms with Gasteiger partial charge in [-0.15, -0.1) is 0 Å². The highest BCUT2D eigenvalue weighted by Gasteiger charge is 2.59. The van der Waals surface area contributed by atoms with Crippen LogP contribution in [0.25, 0.3) is 0 Å². The molecule has 2 unspecified atom stereocenters. The van der Waals surface area contributed by atoms with Gasteiger partial charge in [0.2, 0.25) is 11.5 Å². The summed E-state index contributed by atoms with van der Waals surface area (Å²) in [4.78, 5) is 42.7. The zero-order valence-corrected chi connectivity index (χ0v) is 15.6. The fraction of sp³-hybridized carbons (Fsp3) is 0.174. The second kappa shape index (κ2) is 6.44. The summed E-state index contributed by atoms with van der Waals surface area (Å²) in [5.41, 5.74) is 1.63. The Morgan fingerprint density at radius 1 is 0.931 bits per heavy atom. The summed E-state index contributed by atoms with van der Waals surface area (Å²) in [6.07, 6.45) is 0.512. The lowest BCUT2D eigenvalue weighted by atomic mass is 9.72. The maximum absolute atomic E-state index is 13.4. The lowest BCUT2D eigenvalue weighted by Gasteiger charge is -2.34. The number of rotatable bonds is 2. The number of fused-ring (bicyclic) bond motifs is 2. The molecule has 1 saturated heterocycles. The Bertz CT molecular complexity index is 1170. The van der Waals surface area contributed by atoms with Gasteiger partial charge in [-0.05, 0) is 29.7 Å². The van der Waals surface area contributed by atoms with Gasteiger partial charge in [0.15, 0.2) is 0 Å². The second-order valence-corrected chi connectivity index (χ2v) is 7.46. The van der Waals surface area contributed by atoms with Crippen molar-refractivity contribution in [2.75, 3.05) is 11.9 Å². The van der Waals surface area contributed by atoms with Crippen molar-refractivity contribution < 1.29 is 9.59 Å². The topological polar surface area (TPSA) is 82.3 Å². The third kappa shape index (κ3) is 2.52. The first-order chi connectivity index (χ1) is 14.1. The summed E-state index contributed by atoms with van der Waals surface area (Å²) < 4.78 is 0. The lowest BCUT2D eigenvalue weighted by Crippen LogP contribution is -2.43. The van der Waals surface area contributed by atoms with Crippen LogP contribution in [0.3, 0.4) is 0 Å². The minimum Gasteiger partial charge on any atom is -0.329 e. The number of amides is 2. The minimum atomic E-state index is -0.858. The summed E-state index contributed by atoms with van der Waals surface area (Å²) >= 11 is 0. The normalized spacial score (nSPS) is 22.6. The number of carbonyl (C=O) groups excluding carboxylic acids is 2. The van der Waals surface area contributed by atoms with Gasteiger partial charge in [-0.25, -0.2) is 0 Å². The summed E-state index contributed by atoms with van der Waals surface area (Å²) in [7, 11) is 0. The SMILES string of the molecule is O=C(c1cccc(=O)[nH]1)N1CCC2(C(=O)Nc3ccccc32)C1c1ccccc1. The Hall–Kier alpha value is -3.67. The van der Waals surface area contributed by atoms with E-state index in [-0.39, 0.29) is 23.1 Å². The van der Waals surface area contributed by atoms with Gasteiger partial charge in [0, 0.05) is 18.3 Å². The summed E-state index contributed by atoms with van der Waals surface area (Å²) in [6.45, 7) is 0.414. The van der Waals surface area contributed by atoms with E-state index in [0.29, 0.717) is 13.0 Å². The molecule has 6 heteroatoms. The lowest BCUT2D eigenvalue weighted by molar-refractivity contribution is -0.121. The van der Waals surface area contributed by atoms with E-state index in [9.17, 15) is 14.4 Å². The van der Waals surface area contributed by atoms with Gasteiger partial charge in [0.1, 0.15) is 11.1 Å². The molecule has 2 amide bonds. The molecule has 0 bridgehead atoms. The van der Waals surface area contributed by atoms with E-state index in [0.717, 1.165) is 16.8 Å². The number of likely N-dealkylation sites (tertiary alicyclic amines) is 1. The number of nitrogens with zero attached hydrogens (tertiary/aromatic N) is 1. The molecule has 2 aliphatic rings. The fourth-order valence-corrected chi connectivity index (χ4v) is 4.73. The largest absolute Gasteiger partial charge is 0.329 e. The molecule has 29 heavy (non-hydrogen) atoms. The second-order valence-electron chi connectivity index (χ2n) is 7.46. The van der Waals surface area contributed by atoms with Crippen LogP contribution in [0.4, 0.5) is 5.69 Å². The van der Waals surface area contributed by atoms with Gasteiger partial charge in [0.05, 0.1) is 6.04 Å². The molecule has 2 aromatic carbocycles. The molecule has 1 spiro atoms. The zero-order chi connectivity index (χ0) is 20.0. The van der Waals surface area contributed by atoms with Crippen molar-refractivity contribution in [3.05, 3.63) is 100.0 Å². The van der Waals surface area contributed by atoms with Gasteiger partial charge in [-0.2, -0.15) is 0 Å². The number of anilines is 1. The summed E-state index contributed by atoms with van der Waals surface area (Å²) in [5.74, 6) is -0.380. The van der Waals surface area contributed by atoms with E-state index in [4.69, 9.17) is 0 Å². The van der Waals surface area contributed by atoms with Crippen molar-refractivity contribution in [1.82, 2.24) is 9.88 Å². The quantitative estimate of drug-likeness (QED) is 0.712. The van der Waals surface area contributed by atoms with Crippen molar-refractivity contribution in [1.29, 1.82) is 0 Å². The number of pyridine rings is 1. The Kier molecular flexibility index (Phi) is 3.87. The Labute approximate surface area is 167 Å². The van der Waals surface area contributed by atoms with Crippen molar-refractivity contribution in [2.24, 2.45) is 0 Å². The first kappa shape index (κ1) is 17.4. The van der Waals surface area contributed by atoms with Crippen LogP contribution in [0.2, 0.25) is 0 Å². The molecule has 1 aromatic heterocycles. The number of hydrogen-bond acceptors (Lipinski definition) is 3. The first-order valence-corrected chi connectivity index (χ1v) is 9.57. The first-order valence-electron chi connectivity index (χ1n) is 9.57. The summed E-state index contributed by atoms with van der Waals surface area (Å²) in [5, 5.41) is 3.00. The molecule has 5 rings (SSSR count). The van der Waals surface area contributed by atoms with E-state index < -0.39 is 11.5 Å². The number of hydrogen-bond donors (Lipinski definition) is 2. The number of benzene rings is 2. The molecule has 6 nitrogen and oxygen atoms in total. The molecule has 3 heterocycles. The molecular weight excluding hydrogens is 366 g/mol. The van der Waals surface area contributed by atoms with E-state index in [2.05, 4.69) is 10.3 Å². The van der Waals surface area contributed by atoms with Gasteiger partial charge >= 0.3 is 0 Å². The van der Waals surface area contributed by atoms with Crippen LogP contribution >= 0.6 is 0 Å². The van der Waals surface area contributed by atoms with Crippen LogP contribution in [0, 0.1) is 0 Å². The molecule has 0 radical (unpaired) electrons. The summed E-state index contributed by atoms with van der Waals surface area (Å²) in [6, 6.07) is 21.3. The molecule has 0 aliphatic carbocycles. The predicted molar refractivity (Wildman–Crippen MR) is 109 cm³/mol. The van der Waals surface area contributed by atoms with Gasteiger partial charge in [-0.1, -0.05) is 54.6 Å². The standard InChI is InChI=1S/C23H19N3O3/c27-19-12-6-11-18(24-19)21(28)26-14-13-23(20(26)15-7-2-1-3-8-15)16-9-4-5-10-17(16)25-22(23)29/h1-12,20H,13-14H2,(H,24,27)(H,25,29). The van der Waals surface area contributed by atoms with E-state index in [1.807, 2.05) is 54.6 Å². The van der Waals surface area contributed by atoms with Crippen molar-refractivity contribution in [2.45, 2.75) is 17.9 Å². The molecule has 2 atom stereocenters. The fourth-order valence-electron chi connectivity index (χ4n) is 4.73. The smallest absolute Gasteiger partial charge is 0.270 e. The number of carbonyl (C=O) groups is 2. The molecule has 0 saturated carbocycles. The van der Waals surface area contributed by atoms with Crippen LogP contribution < -0.4 is 10.9 Å². The predicted octanol–water partition coefficient (Wildman–Crippen LogP) is 2.85. The monoisotopic (exact) mass is 385 g/mol. The number of aromatic nitrogens is 1. The Morgan fingerprint density at radius 2 is 1.69 bits per heavy atom. The number of para-hydroxylation sites is 1. The van der Waals surface area contributed by atoms with E-state index in [1.165, 1.54) is 6.07 Å². The molecule has 3 aromatic rings. The molecular formula is C23H19N3O3. The number of aromatic amines is 1. The number of nitrogens with one attached hydrogen (secondary N) is 2. The molecule has 2 N–H and O–H groups in total. The zero-order valence-electron chi connectivity index (χ0n) is 15.6. The molecule has 1 fully saturated rings. The van der Waals surface area contributed by atoms with Crippen molar-refractivity contribution >= 4 is 17.5 Å². The van der Waals surface area contributed by atoms with Crippen LogP contribution in [0.1, 0.15) is 34.1 Å².